The summed E-state index contributed by atoms with van der Waals surface area (Å²) in [6, 6.07) is 13.7. The summed E-state index contributed by atoms with van der Waals surface area (Å²) in [6.45, 7) is 7.94. The molecule has 0 aromatic heterocycles. The predicted octanol–water partition coefficient (Wildman–Crippen LogP) is 4.92. The number of hydrogen-bond donors (Lipinski definition) is 0. The smallest absolute Gasteiger partial charge is 0.245 e. The summed E-state index contributed by atoms with van der Waals surface area (Å²) < 4.78 is 10.7. The van der Waals surface area contributed by atoms with Crippen LogP contribution in [0.1, 0.15) is 13.8 Å². The van der Waals surface area contributed by atoms with Crippen LogP contribution in [0, 0.1) is 5.21 Å². The molecule has 22 heavy (non-hydrogen) atoms. The third-order valence-corrected chi connectivity index (χ3v) is 2.70. The largest absolute Gasteiger partial charge is 0.594 e. The maximum Gasteiger partial charge on any atom is 0.245 e. The SMILES string of the molecule is C=C(C)Oc1ccc([N+]([O-])=Nc2ccc(OCC)cc2)cc1. The van der Waals surface area contributed by atoms with E-state index in [0.29, 0.717) is 34.4 Å². The summed E-state index contributed by atoms with van der Waals surface area (Å²) in [6.07, 6.45) is 0. The van der Waals surface area contributed by atoms with E-state index in [0.717, 1.165) is 5.75 Å². The van der Waals surface area contributed by atoms with Crippen LogP contribution in [0.2, 0.25) is 0 Å². The van der Waals surface area contributed by atoms with Gasteiger partial charge in [0.25, 0.3) is 0 Å². The van der Waals surface area contributed by atoms with Gasteiger partial charge in [-0.3, -0.25) is 0 Å². The zero-order valence-electron chi connectivity index (χ0n) is 12.7. The normalized spacial score (nSPS) is 11.1. The van der Waals surface area contributed by atoms with Crippen molar-refractivity contribution in [1.82, 2.24) is 0 Å². The van der Waals surface area contributed by atoms with Crippen LogP contribution in [0.15, 0.2) is 66.0 Å². The molecule has 2 aromatic carbocycles. The number of ether oxygens (including phenoxy) is 2. The Kier molecular flexibility index (Phi) is 5.14. The predicted molar refractivity (Wildman–Crippen MR) is 84.9 cm³/mol. The van der Waals surface area contributed by atoms with Gasteiger partial charge in [-0.1, -0.05) is 11.4 Å². The quantitative estimate of drug-likeness (QED) is 0.329. The van der Waals surface area contributed by atoms with Gasteiger partial charge in [-0.25, -0.2) is 0 Å². The van der Waals surface area contributed by atoms with Gasteiger partial charge in [0.05, 0.1) is 12.4 Å². The van der Waals surface area contributed by atoms with E-state index in [1.165, 1.54) is 0 Å². The molecule has 0 unspecified atom stereocenters. The first kappa shape index (κ1) is 15.6. The highest BCUT2D eigenvalue weighted by atomic mass is 16.5. The van der Waals surface area contributed by atoms with Gasteiger partial charge in [0.2, 0.25) is 5.69 Å². The van der Waals surface area contributed by atoms with E-state index in [1.54, 1.807) is 55.5 Å². The summed E-state index contributed by atoms with van der Waals surface area (Å²) in [4.78, 5) is 0.570. The number of rotatable bonds is 6. The average molecular weight is 298 g/mol. The van der Waals surface area contributed by atoms with Gasteiger partial charge < -0.3 is 14.7 Å². The zero-order valence-corrected chi connectivity index (χ0v) is 12.7. The molecule has 0 fully saturated rings. The minimum Gasteiger partial charge on any atom is -0.594 e. The molecule has 0 spiro atoms. The Hall–Kier alpha value is -2.82. The van der Waals surface area contributed by atoms with Crippen molar-refractivity contribution in [3.8, 4) is 11.5 Å². The van der Waals surface area contributed by atoms with Crippen molar-refractivity contribution in [1.29, 1.82) is 0 Å². The van der Waals surface area contributed by atoms with Crippen molar-refractivity contribution in [2.75, 3.05) is 6.61 Å². The molecule has 0 aliphatic carbocycles. The highest BCUT2D eigenvalue weighted by molar-refractivity contribution is 5.41. The highest BCUT2D eigenvalue weighted by Crippen LogP contribution is 2.23. The van der Waals surface area contributed by atoms with Gasteiger partial charge in [0, 0.05) is 17.2 Å². The van der Waals surface area contributed by atoms with Crippen LogP contribution < -0.4 is 9.47 Å². The summed E-state index contributed by atoms with van der Waals surface area (Å²) in [7, 11) is 0. The second-order valence-corrected chi connectivity index (χ2v) is 4.60. The topological polar surface area (TPSA) is 56.9 Å². The molecule has 0 aliphatic heterocycles. The van der Waals surface area contributed by atoms with Crippen LogP contribution >= 0.6 is 0 Å². The summed E-state index contributed by atoms with van der Waals surface area (Å²) in [5.41, 5.74) is 0.976. The second-order valence-electron chi connectivity index (χ2n) is 4.60. The van der Waals surface area contributed by atoms with Crippen molar-refractivity contribution in [2.24, 2.45) is 5.11 Å². The number of nitrogens with zero attached hydrogens (tertiary/aromatic N) is 2. The van der Waals surface area contributed by atoms with E-state index < -0.39 is 0 Å². The van der Waals surface area contributed by atoms with Crippen molar-refractivity contribution >= 4 is 11.4 Å². The lowest BCUT2D eigenvalue weighted by molar-refractivity contribution is -0.435. The standard InChI is InChI=1S/C17H18N2O3/c1-4-21-16-9-5-14(6-10-16)18-19(20)15-7-11-17(12-8-15)22-13(2)3/h5-12H,2,4H2,1,3H3. The minimum absolute atomic E-state index is 0.419. The fraction of sp³-hybridized carbons (Fsp3) is 0.176. The molecule has 0 radical (unpaired) electrons. The molecule has 0 heterocycles. The molecule has 2 rings (SSSR count). The molecular formula is C17H18N2O3. The zero-order chi connectivity index (χ0) is 15.9. The second kappa shape index (κ2) is 7.26. The molecule has 0 amide bonds. The molecule has 5 nitrogen and oxygen atoms in total. The van der Waals surface area contributed by atoms with Gasteiger partial charge in [-0.05, 0) is 50.2 Å². The molecule has 0 saturated heterocycles. The lowest BCUT2D eigenvalue weighted by Gasteiger charge is -2.05. The summed E-state index contributed by atoms with van der Waals surface area (Å²) in [5.74, 6) is 1.97. The van der Waals surface area contributed by atoms with Crippen LogP contribution in [0.5, 0.6) is 11.5 Å². The fourth-order valence-electron chi connectivity index (χ4n) is 1.78. The van der Waals surface area contributed by atoms with E-state index in [2.05, 4.69) is 11.7 Å². The van der Waals surface area contributed by atoms with Crippen LogP contribution in [0.25, 0.3) is 0 Å². The van der Waals surface area contributed by atoms with E-state index in [4.69, 9.17) is 9.47 Å². The van der Waals surface area contributed by atoms with Crippen LogP contribution in [0.3, 0.4) is 0 Å². The molecule has 2 aromatic rings. The van der Waals surface area contributed by atoms with E-state index in [1.807, 2.05) is 6.92 Å². The third-order valence-electron chi connectivity index (χ3n) is 2.70. The Morgan fingerprint density at radius 2 is 1.68 bits per heavy atom. The summed E-state index contributed by atoms with van der Waals surface area (Å²) >= 11 is 0. The van der Waals surface area contributed by atoms with E-state index >= 15 is 0 Å². The molecule has 0 bridgehead atoms. The third kappa shape index (κ3) is 4.34. The van der Waals surface area contributed by atoms with Crippen molar-refractivity contribution < 1.29 is 14.3 Å². The van der Waals surface area contributed by atoms with Crippen LogP contribution in [-0.2, 0) is 0 Å². The first-order chi connectivity index (χ1) is 10.6. The molecule has 0 aliphatic rings. The Balaban J connectivity index is 2.12. The van der Waals surface area contributed by atoms with E-state index in [-0.39, 0.29) is 0 Å². The highest BCUT2D eigenvalue weighted by Gasteiger charge is 2.05. The minimum atomic E-state index is 0.419. The van der Waals surface area contributed by atoms with Gasteiger partial charge in [-0.2, -0.15) is 0 Å². The van der Waals surface area contributed by atoms with Gasteiger partial charge in [-0.15, -0.1) is 0 Å². The average Bonchev–Trinajstić information content (AvgIpc) is 2.49. The number of allylic oxidation sites excluding steroid dienone is 1. The first-order valence-electron chi connectivity index (χ1n) is 6.93. The van der Waals surface area contributed by atoms with Gasteiger partial charge >= 0.3 is 0 Å². The molecule has 5 heteroatoms. The first-order valence-corrected chi connectivity index (χ1v) is 6.93. The Bertz CT molecular complexity index is 661. The Morgan fingerprint density at radius 3 is 2.23 bits per heavy atom. The molecule has 0 atom stereocenters. The van der Waals surface area contributed by atoms with Crippen LogP contribution in [0.4, 0.5) is 11.4 Å². The van der Waals surface area contributed by atoms with Crippen molar-refractivity contribution in [3.63, 3.8) is 0 Å². The lowest BCUT2D eigenvalue weighted by Crippen LogP contribution is -1.92. The maximum absolute atomic E-state index is 12.0. The number of hydrogen-bond acceptors (Lipinski definition) is 4. The van der Waals surface area contributed by atoms with Crippen LogP contribution in [-0.4, -0.2) is 11.5 Å². The number of azo groups is 1. The molecule has 0 saturated carbocycles. The monoisotopic (exact) mass is 298 g/mol. The molecular weight excluding hydrogens is 280 g/mol. The number of benzene rings is 2. The fourth-order valence-corrected chi connectivity index (χ4v) is 1.78. The lowest BCUT2D eigenvalue weighted by atomic mass is 10.3. The van der Waals surface area contributed by atoms with E-state index in [9.17, 15) is 5.21 Å². The van der Waals surface area contributed by atoms with Crippen molar-refractivity contribution in [3.05, 3.63) is 66.1 Å². The molecule has 0 N–H and O–H groups in total. The summed E-state index contributed by atoms with van der Waals surface area (Å²) in [5, 5.41) is 16.0. The Morgan fingerprint density at radius 1 is 1.09 bits per heavy atom. The van der Waals surface area contributed by atoms with Gasteiger partial charge in [0.15, 0.2) is 0 Å². The maximum atomic E-state index is 12.0. The molecule has 114 valence electrons. The Labute approximate surface area is 129 Å². The van der Waals surface area contributed by atoms with Crippen molar-refractivity contribution in [2.45, 2.75) is 13.8 Å². The van der Waals surface area contributed by atoms with Gasteiger partial charge in [0.1, 0.15) is 17.2 Å².